The van der Waals surface area contributed by atoms with Crippen molar-refractivity contribution in [3.8, 4) is 0 Å². The third-order valence-electron chi connectivity index (χ3n) is 3.96. The maximum atomic E-state index is 11.6. The molecule has 0 aliphatic carbocycles. The van der Waals surface area contributed by atoms with Crippen molar-refractivity contribution in [1.82, 2.24) is 9.97 Å². The van der Waals surface area contributed by atoms with Crippen LogP contribution in [0.4, 0.5) is 5.82 Å². The van der Waals surface area contributed by atoms with Crippen molar-refractivity contribution in [1.29, 1.82) is 0 Å². The second-order valence-corrected chi connectivity index (χ2v) is 6.43. The lowest BCUT2D eigenvalue weighted by atomic mass is 9.89. The van der Waals surface area contributed by atoms with Crippen LogP contribution in [0.25, 0.3) is 0 Å². The van der Waals surface area contributed by atoms with Crippen LogP contribution < -0.4 is 10.6 Å². The Kier molecular flexibility index (Phi) is 3.91. The summed E-state index contributed by atoms with van der Waals surface area (Å²) in [5, 5.41) is 0.478. The zero-order valence-corrected chi connectivity index (χ0v) is 13.2. The summed E-state index contributed by atoms with van der Waals surface area (Å²) in [6, 6.07) is 0. The molecule has 1 saturated heterocycles. The van der Waals surface area contributed by atoms with Crippen LogP contribution in [0.5, 0.6) is 0 Å². The van der Waals surface area contributed by atoms with Crippen molar-refractivity contribution >= 4 is 23.3 Å². The van der Waals surface area contributed by atoms with Gasteiger partial charge in [-0.1, -0.05) is 25.4 Å². The van der Waals surface area contributed by atoms with Gasteiger partial charge in [0.25, 0.3) is 0 Å². The maximum absolute atomic E-state index is 11.6. The van der Waals surface area contributed by atoms with E-state index in [1.807, 2.05) is 27.7 Å². The van der Waals surface area contributed by atoms with Gasteiger partial charge in [0.1, 0.15) is 16.8 Å². The molecular weight excluding hydrogens is 276 g/mol. The summed E-state index contributed by atoms with van der Waals surface area (Å²) in [6.45, 7) is 9.20. The fourth-order valence-corrected chi connectivity index (χ4v) is 2.57. The summed E-state index contributed by atoms with van der Waals surface area (Å²) in [7, 11) is 0. The van der Waals surface area contributed by atoms with E-state index in [9.17, 15) is 4.79 Å². The van der Waals surface area contributed by atoms with Gasteiger partial charge in [0.2, 0.25) is 5.91 Å². The highest BCUT2D eigenvalue weighted by Gasteiger charge is 2.40. The number of primary amides is 1. The van der Waals surface area contributed by atoms with E-state index < -0.39 is 5.41 Å². The molecule has 1 aliphatic heterocycles. The predicted octanol–water partition coefficient (Wildman–Crippen LogP) is 2.26. The van der Waals surface area contributed by atoms with E-state index in [0.29, 0.717) is 11.7 Å². The van der Waals surface area contributed by atoms with Gasteiger partial charge < -0.3 is 10.6 Å². The third kappa shape index (κ3) is 2.59. The Morgan fingerprint density at radius 1 is 1.45 bits per heavy atom. The smallest absolute Gasteiger partial charge is 0.225 e. The molecule has 0 spiro atoms. The highest BCUT2D eigenvalue weighted by Crippen LogP contribution is 2.35. The Balaban J connectivity index is 2.37. The van der Waals surface area contributed by atoms with Crippen LogP contribution >= 0.6 is 11.6 Å². The average molecular weight is 297 g/mol. The van der Waals surface area contributed by atoms with E-state index in [2.05, 4.69) is 14.9 Å². The highest BCUT2D eigenvalue weighted by molar-refractivity contribution is 6.30. The van der Waals surface area contributed by atoms with Gasteiger partial charge in [-0.15, -0.1) is 0 Å². The SMILES string of the molecule is Cc1c(Cl)nc(C(C)C)nc1N1CCC(C)(C(N)=O)C1. The number of aromatic nitrogens is 2. The number of nitrogens with two attached hydrogens (primary N) is 1. The van der Waals surface area contributed by atoms with E-state index in [-0.39, 0.29) is 11.8 Å². The van der Waals surface area contributed by atoms with E-state index >= 15 is 0 Å². The summed E-state index contributed by atoms with van der Waals surface area (Å²) in [5.41, 5.74) is 5.85. The number of hydrogen-bond acceptors (Lipinski definition) is 4. The van der Waals surface area contributed by atoms with Crippen LogP contribution in [0, 0.1) is 12.3 Å². The zero-order valence-electron chi connectivity index (χ0n) is 12.4. The van der Waals surface area contributed by atoms with E-state index in [1.54, 1.807) is 0 Å². The lowest BCUT2D eigenvalue weighted by molar-refractivity contribution is -0.125. The third-order valence-corrected chi connectivity index (χ3v) is 4.33. The largest absolute Gasteiger partial charge is 0.369 e. The van der Waals surface area contributed by atoms with Gasteiger partial charge in [-0.3, -0.25) is 4.79 Å². The fraction of sp³-hybridized carbons (Fsp3) is 0.643. The second-order valence-electron chi connectivity index (χ2n) is 6.07. The standard InChI is InChI=1S/C14H21ClN4O/c1-8(2)11-17-10(15)9(3)12(18-11)19-6-5-14(4,7-19)13(16)20/h8H,5-7H2,1-4H3,(H2,16,20). The van der Waals surface area contributed by atoms with Crippen molar-refractivity contribution in [2.45, 2.75) is 40.0 Å². The highest BCUT2D eigenvalue weighted by atomic mass is 35.5. The first-order chi connectivity index (χ1) is 9.24. The molecule has 0 bridgehead atoms. The van der Waals surface area contributed by atoms with Gasteiger partial charge in [0.15, 0.2) is 0 Å². The summed E-state index contributed by atoms with van der Waals surface area (Å²) in [5.74, 6) is 1.49. The van der Waals surface area contributed by atoms with Crippen molar-refractivity contribution in [2.75, 3.05) is 18.0 Å². The zero-order chi connectivity index (χ0) is 15.1. The van der Waals surface area contributed by atoms with Gasteiger partial charge in [-0.05, 0) is 20.3 Å². The molecule has 6 heteroatoms. The second kappa shape index (κ2) is 5.20. The van der Waals surface area contributed by atoms with Crippen molar-refractivity contribution in [2.24, 2.45) is 11.1 Å². The molecule has 2 rings (SSSR count). The molecule has 5 nitrogen and oxygen atoms in total. The maximum Gasteiger partial charge on any atom is 0.225 e. The Morgan fingerprint density at radius 2 is 2.10 bits per heavy atom. The number of nitrogens with zero attached hydrogens (tertiary/aromatic N) is 3. The Morgan fingerprint density at radius 3 is 2.60 bits per heavy atom. The van der Waals surface area contributed by atoms with Crippen LogP contribution in [0.3, 0.4) is 0 Å². The van der Waals surface area contributed by atoms with Crippen LogP contribution in [0.2, 0.25) is 5.15 Å². The van der Waals surface area contributed by atoms with Gasteiger partial charge in [0.05, 0.1) is 5.41 Å². The summed E-state index contributed by atoms with van der Waals surface area (Å²) >= 11 is 6.21. The first-order valence-corrected chi connectivity index (χ1v) is 7.21. The van der Waals surface area contributed by atoms with E-state index in [1.165, 1.54) is 0 Å². The normalized spacial score (nSPS) is 22.6. The summed E-state index contributed by atoms with van der Waals surface area (Å²) < 4.78 is 0. The molecule has 1 aliphatic rings. The van der Waals surface area contributed by atoms with Gasteiger partial charge in [-0.2, -0.15) is 0 Å². The van der Waals surface area contributed by atoms with Crippen molar-refractivity contribution in [3.63, 3.8) is 0 Å². The molecule has 1 aromatic heterocycles. The Bertz CT molecular complexity index is 546. The van der Waals surface area contributed by atoms with Crippen molar-refractivity contribution < 1.29 is 4.79 Å². The molecule has 2 N–H and O–H groups in total. The quantitative estimate of drug-likeness (QED) is 0.869. The number of anilines is 1. The molecule has 1 amide bonds. The van der Waals surface area contributed by atoms with Gasteiger partial charge in [0, 0.05) is 24.6 Å². The minimum Gasteiger partial charge on any atom is -0.369 e. The molecular formula is C14H21ClN4O. The lowest BCUT2D eigenvalue weighted by Gasteiger charge is -2.24. The molecule has 0 saturated carbocycles. The Hall–Kier alpha value is -1.36. The minimum absolute atomic E-state index is 0.206. The van der Waals surface area contributed by atoms with Crippen LogP contribution in [0.15, 0.2) is 0 Å². The molecule has 1 aromatic rings. The molecule has 110 valence electrons. The number of amides is 1. The number of hydrogen-bond donors (Lipinski definition) is 1. The molecule has 1 unspecified atom stereocenters. The molecule has 1 atom stereocenters. The predicted molar refractivity (Wildman–Crippen MR) is 80.0 cm³/mol. The van der Waals surface area contributed by atoms with Crippen LogP contribution in [-0.2, 0) is 4.79 Å². The topological polar surface area (TPSA) is 72.1 Å². The Labute approximate surface area is 124 Å². The summed E-state index contributed by atoms with van der Waals surface area (Å²) in [4.78, 5) is 22.6. The van der Waals surface area contributed by atoms with Crippen LogP contribution in [0.1, 0.15) is 44.5 Å². The number of carbonyl (C=O) groups excluding carboxylic acids is 1. The first-order valence-electron chi connectivity index (χ1n) is 6.83. The minimum atomic E-state index is -0.498. The number of rotatable bonds is 3. The monoisotopic (exact) mass is 296 g/mol. The van der Waals surface area contributed by atoms with E-state index in [0.717, 1.165) is 30.2 Å². The van der Waals surface area contributed by atoms with Crippen molar-refractivity contribution in [3.05, 3.63) is 16.5 Å². The molecule has 0 aromatic carbocycles. The molecule has 1 fully saturated rings. The fourth-order valence-electron chi connectivity index (χ4n) is 2.40. The number of carbonyl (C=O) groups is 1. The molecule has 2 heterocycles. The molecule has 20 heavy (non-hydrogen) atoms. The lowest BCUT2D eigenvalue weighted by Crippen LogP contribution is -2.37. The van der Waals surface area contributed by atoms with E-state index in [4.69, 9.17) is 17.3 Å². The number of halogens is 1. The van der Waals surface area contributed by atoms with Gasteiger partial charge >= 0.3 is 0 Å². The van der Waals surface area contributed by atoms with Gasteiger partial charge in [-0.25, -0.2) is 9.97 Å². The average Bonchev–Trinajstić information content (AvgIpc) is 2.76. The summed E-state index contributed by atoms with van der Waals surface area (Å²) in [6.07, 6.45) is 0.737. The van der Waals surface area contributed by atoms with Crippen LogP contribution in [-0.4, -0.2) is 29.0 Å². The first kappa shape index (κ1) is 15.0. The molecule has 0 radical (unpaired) electrons.